The number of aryl methyl sites for hydroxylation is 1. The van der Waals surface area contributed by atoms with Crippen LogP contribution < -0.4 is 10.6 Å². The van der Waals surface area contributed by atoms with Gasteiger partial charge in [-0.15, -0.1) is 0 Å². The Kier molecular flexibility index (Phi) is 2.37. The maximum absolute atomic E-state index is 5.46. The van der Waals surface area contributed by atoms with Crippen molar-refractivity contribution < 1.29 is 8.94 Å². The molecule has 0 saturated carbocycles. The molecule has 2 N–H and O–H groups in total. The molecule has 0 aliphatic rings. The maximum Gasteiger partial charge on any atom is 0.195 e. The van der Waals surface area contributed by atoms with Gasteiger partial charge < -0.3 is 19.6 Å². The summed E-state index contributed by atoms with van der Waals surface area (Å²) in [6, 6.07) is 5.53. The van der Waals surface area contributed by atoms with Crippen LogP contribution in [0.1, 0.15) is 11.5 Å². The Balaban J connectivity index is 2.06. The summed E-state index contributed by atoms with van der Waals surface area (Å²) < 4.78 is 10.5. The van der Waals surface area contributed by atoms with E-state index in [2.05, 4.69) is 5.16 Å². The molecule has 2 aromatic rings. The van der Waals surface area contributed by atoms with Gasteiger partial charge in [-0.1, -0.05) is 5.16 Å². The Labute approximate surface area is 87.4 Å². The van der Waals surface area contributed by atoms with E-state index in [9.17, 15) is 0 Å². The molecule has 2 aromatic heterocycles. The van der Waals surface area contributed by atoms with Gasteiger partial charge in [0.15, 0.2) is 17.5 Å². The lowest BCUT2D eigenvalue weighted by Gasteiger charge is -2.13. The number of nitrogen functional groups attached to an aromatic ring is 1. The Bertz CT molecular complexity index is 447. The molecule has 0 atom stereocenters. The first-order chi connectivity index (χ1) is 7.15. The number of aromatic nitrogens is 1. The maximum atomic E-state index is 5.46. The van der Waals surface area contributed by atoms with Crippen LogP contribution in [0, 0.1) is 6.92 Å². The molecule has 0 saturated heterocycles. The Hall–Kier alpha value is -1.91. The van der Waals surface area contributed by atoms with Gasteiger partial charge in [-0.2, -0.15) is 0 Å². The number of hydrogen-bond donors (Lipinski definition) is 1. The molecule has 80 valence electrons. The third-order valence-electron chi connectivity index (χ3n) is 2.07. The lowest BCUT2D eigenvalue weighted by molar-refractivity contribution is 0.382. The van der Waals surface area contributed by atoms with Gasteiger partial charge in [0.2, 0.25) is 0 Å². The predicted molar refractivity (Wildman–Crippen MR) is 56.5 cm³/mol. The van der Waals surface area contributed by atoms with Gasteiger partial charge >= 0.3 is 0 Å². The van der Waals surface area contributed by atoms with Crippen molar-refractivity contribution in [2.45, 2.75) is 13.5 Å². The molecule has 0 aromatic carbocycles. The van der Waals surface area contributed by atoms with Crippen molar-refractivity contribution in [2.75, 3.05) is 17.7 Å². The molecule has 0 bridgehead atoms. The summed E-state index contributed by atoms with van der Waals surface area (Å²) in [6.45, 7) is 2.49. The summed E-state index contributed by atoms with van der Waals surface area (Å²) in [5.74, 6) is 2.79. The van der Waals surface area contributed by atoms with Gasteiger partial charge in [-0.3, -0.25) is 0 Å². The van der Waals surface area contributed by atoms with Crippen molar-refractivity contribution in [1.82, 2.24) is 5.16 Å². The highest BCUT2D eigenvalue weighted by Gasteiger charge is 2.09. The molecular formula is C10H13N3O2. The van der Waals surface area contributed by atoms with Gasteiger partial charge in [0.25, 0.3) is 0 Å². The predicted octanol–water partition coefficient (Wildman–Crippen LogP) is 1.79. The van der Waals surface area contributed by atoms with E-state index in [1.165, 1.54) is 0 Å². The SMILES string of the molecule is Cc1ccc(N(C)Cc2cc(N)no2)o1. The number of rotatable bonds is 3. The first-order valence-corrected chi connectivity index (χ1v) is 4.64. The van der Waals surface area contributed by atoms with Crippen molar-refractivity contribution in [3.63, 3.8) is 0 Å². The largest absolute Gasteiger partial charge is 0.446 e. The Morgan fingerprint density at radius 3 is 2.80 bits per heavy atom. The fraction of sp³-hybridized carbons (Fsp3) is 0.300. The summed E-state index contributed by atoms with van der Waals surface area (Å²) in [7, 11) is 1.91. The van der Waals surface area contributed by atoms with E-state index in [-0.39, 0.29) is 0 Å². The zero-order valence-corrected chi connectivity index (χ0v) is 8.73. The molecule has 0 radical (unpaired) electrons. The molecule has 0 spiro atoms. The van der Waals surface area contributed by atoms with Crippen molar-refractivity contribution in [3.05, 3.63) is 29.7 Å². The molecule has 2 heterocycles. The molecule has 0 aliphatic heterocycles. The lowest BCUT2D eigenvalue weighted by Crippen LogP contribution is -2.14. The van der Waals surface area contributed by atoms with Crippen LogP contribution in [0.15, 0.2) is 27.1 Å². The highest BCUT2D eigenvalue weighted by atomic mass is 16.5. The molecule has 0 fully saturated rings. The van der Waals surface area contributed by atoms with Crippen LogP contribution in [-0.2, 0) is 6.54 Å². The second-order valence-electron chi connectivity index (χ2n) is 3.46. The smallest absolute Gasteiger partial charge is 0.195 e. The monoisotopic (exact) mass is 207 g/mol. The first kappa shape index (κ1) is 9.64. The van der Waals surface area contributed by atoms with Gasteiger partial charge in [-0.05, 0) is 13.0 Å². The Morgan fingerprint density at radius 1 is 1.47 bits per heavy atom. The summed E-state index contributed by atoms with van der Waals surface area (Å²) in [5, 5.41) is 3.61. The second-order valence-corrected chi connectivity index (χ2v) is 3.46. The topological polar surface area (TPSA) is 68.4 Å². The van der Waals surface area contributed by atoms with Gasteiger partial charge in [0.05, 0.1) is 6.54 Å². The summed E-state index contributed by atoms with van der Waals surface area (Å²) >= 11 is 0. The second kappa shape index (κ2) is 3.68. The molecule has 0 aliphatic carbocycles. The lowest BCUT2D eigenvalue weighted by atomic mass is 10.4. The number of nitrogens with two attached hydrogens (primary N) is 1. The van der Waals surface area contributed by atoms with Gasteiger partial charge in [-0.25, -0.2) is 0 Å². The average molecular weight is 207 g/mol. The van der Waals surface area contributed by atoms with Crippen LogP contribution >= 0.6 is 0 Å². The summed E-state index contributed by atoms with van der Waals surface area (Å²) in [4.78, 5) is 1.92. The van der Waals surface area contributed by atoms with E-state index in [0.717, 1.165) is 11.6 Å². The van der Waals surface area contributed by atoms with Crippen LogP contribution in [0.2, 0.25) is 0 Å². The molecule has 15 heavy (non-hydrogen) atoms. The van der Waals surface area contributed by atoms with E-state index >= 15 is 0 Å². The minimum absolute atomic E-state index is 0.397. The van der Waals surface area contributed by atoms with Crippen LogP contribution in [0.5, 0.6) is 0 Å². The molecule has 0 amide bonds. The summed E-state index contributed by atoms with van der Waals surface area (Å²) in [6.07, 6.45) is 0. The van der Waals surface area contributed by atoms with Crippen LogP contribution in [0.25, 0.3) is 0 Å². The molecule has 5 heteroatoms. The quantitative estimate of drug-likeness (QED) is 0.831. The zero-order valence-electron chi connectivity index (χ0n) is 8.73. The van der Waals surface area contributed by atoms with Crippen molar-refractivity contribution in [1.29, 1.82) is 0 Å². The number of hydrogen-bond acceptors (Lipinski definition) is 5. The fourth-order valence-electron chi connectivity index (χ4n) is 1.34. The van der Waals surface area contributed by atoms with Crippen molar-refractivity contribution in [3.8, 4) is 0 Å². The van der Waals surface area contributed by atoms with E-state index in [1.807, 2.05) is 31.0 Å². The van der Waals surface area contributed by atoms with Gasteiger partial charge in [0, 0.05) is 19.2 Å². The summed E-state index contributed by atoms with van der Waals surface area (Å²) in [5.41, 5.74) is 5.45. The highest BCUT2D eigenvalue weighted by molar-refractivity contribution is 5.36. The highest BCUT2D eigenvalue weighted by Crippen LogP contribution is 2.18. The van der Waals surface area contributed by atoms with Crippen LogP contribution in [0.3, 0.4) is 0 Å². The minimum atomic E-state index is 0.397. The fourth-order valence-corrected chi connectivity index (χ4v) is 1.34. The van der Waals surface area contributed by atoms with E-state index in [1.54, 1.807) is 6.07 Å². The standard InChI is InChI=1S/C10H13N3O2/c1-7-3-4-10(14-7)13(2)6-8-5-9(11)12-15-8/h3-5H,6H2,1-2H3,(H2,11,12). The number of furan rings is 1. The number of nitrogens with zero attached hydrogens (tertiary/aromatic N) is 2. The average Bonchev–Trinajstić information content (AvgIpc) is 2.75. The van der Waals surface area contributed by atoms with E-state index in [4.69, 9.17) is 14.7 Å². The number of anilines is 2. The zero-order chi connectivity index (χ0) is 10.8. The minimum Gasteiger partial charge on any atom is -0.446 e. The van der Waals surface area contributed by atoms with E-state index in [0.29, 0.717) is 18.1 Å². The normalized spacial score (nSPS) is 10.5. The van der Waals surface area contributed by atoms with Gasteiger partial charge in [0.1, 0.15) is 5.76 Å². The third-order valence-corrected chi connectivity index (χ3v) is 2.07. The van der Waals surface area contributed by atoms with Crippen molar-refractivity contribution in [2.24, 2.45) is 0 Å². The van der Waals surface area contributed by atoms with E-state index < -0.39 is 0 Å². The van der Waals surface area contributed by atoms with Crippen LogP contribution in [-0.4, -0.2) is 12.2 Å². The molecular weight excluding hydrogens is 194 g/mol. The molecule has 0 unspecified atom stereocenters. The Morgan fingerprint density at radius 2 is 2.27 bits per heavy atom. The third kappa shape index (κ3) is 2.12. The molecule has 2 rings (SSSR count). The first-order valence-electron chi connectivity index (χ1n) is 4.64. The molecule has 5 nitrogen and oxygen atoms in total. The van der Waals surface area contributed by atoms with Crippen molar-refractivity contribution >= 4 is 11.7 Å². The van der Waals surface area contributed by atoms with Crippen LogP contribution in [0.4, 0.5) is 11.7 Å².